The summed E-state index contributed by atoms with van der Waals surface area (Å²) < 4.78 is 5.37. The summed E-state index contributed by atoms with van der Waals surface area (Å²) in [6.07, 6.45) is 6.40. The molecule has 0 radical (unpaired) electrons. The SMILES string of the molecule is CCOc1ccc(/C=C/C(=O)NC2CCC(O)CC2)cc1. The topological polar surface area (TPSA) is 58.6 Å². The van der Waals surface area contributed by atoms with Gasteiger partial charge in [-0.3, -0.25) is 4.79 Å². The number of rotatable bonds is 5. The number of hydrogen-bond donors (Lipinski definition) is 2. The van der Waals surface area contributed by atoms with Gasteiger partial charge in [0.2, 0.25) is 5.91 Å². The van der Waals surface area contributed by atoms with Crippen LogP contribution in [0.15, 0.2) is 30.3 Å². The molecule has 0 atom stereocenters. The number of hydrogen-bond acceptors (Lipinski definition) is 3. The van der Waals surface area contributed by atoms with E-state index in [9.17, 15) is 9.90 Å². The number of amides is 1. The zero-order valence-corrected chi connectivity index (χ0v) is 12.4. The smallest absolute Gasteiger partial charge is 0.244 e. The highest BCUT2D eigenvalue weighted by Crippen LogP contribution is 2.18. The molecule has 0 bridgehead atoms. The number of carbonyl (C=O) groups is 1. The van der Waals surface area contributed by atoms with E-state index in [1.54, 1.807) is 12.2 Å². The summed E-state index contributed by atoms with van der Waals surface area (Å²) in [5, 5.41) is 12.4. The van der Waals surface area contributed by atoms with E-state index in [0.717, 1.165) is 37.0 Å². The lowest BCUT2D eigenvalue weighted by Crippen LogP contribution is -2.37. The first kappa shape index (κ1) is 15.6. The van der Waals surface area contributed by atoms with Crippen LogP contribution in [0.5, 0.6) is 5.75 Å². The Morgan fingerprint density at radius 1 is 1.29 bits per heavy atom. The van der Waals surface area contributed by atoms with Crippen LogP contribution in [0, 0.1) is 0 Å². The molecule has 1 aliphatic carbocycles. The van der Waals surface area contributed by atoms with Crippen LogP contribution < -0.4 is 10.1 Å². The molecule has 0 spiro atoms. The van der Waals surface area contributed by atoms with Gasteiger partial charge in [0.25, 0.3) is 0 Å². The molecule has 1 aliphatic rings. The number of nitrogens with one attached hydrogen (secondary N) is 1. The first-order valence-electron chi connectivity index (χ1n) is 7.57. The number of carbonyl (C=O) groups excluding carboxylic acids is 1. The third kappa shape index (κ3) is 5.23. The van der Waals surface area contributed by atoms with Gasteiger partial charge < -0.3 is 15.2 Å². The summed E-state index contributed by atoms with van der Waals surface area (Å²) in [4.78, 5) is 11.9. The van der Waals surface area contributed by atoms with Crippen LogP contribution in [0.4, 0.5) is 0 Å². The van der Waals surface area contributed by atoms with Gasteiger partial charge in [0.15, 0.2) is 0 Å². The monoisotopic (exact) mass is 289 g/mol. The lowest BCUT2D eigenvalue weighted by molar-refractivity contribution is -0.117. The van der Waals surface area contributed by atoms with E-state index in [1.807, 2.05) is 31.2 Å². The molecule has 1 saturated carbocycles. The van der Waals surface area contributed by atoms with Gasteiger partial charge in [0, 0.05) is 12.1 Å². The van der Waals surface area contributed by atoms with Crippen LogP contribution >= 0.6 is 0 Å². The molecule has 0 unspecified atom stereocenters. The Balaban J connectivity index is 1.81. The second-order valence-corrected chi connectivity index (χ2v) is 5.35. The highest BCUT2D eigenvalue weighted by molar-refractivity contribution is 5.91. The Hall–Kier alpha value is -1.81. The Morgan fingerprint density at radius 2 is 1.95 bits per heavy atom. The van der Waals surface area contributed by atoms with Crippen molar-refractivity contribution in [1.82, 2.24) is 5.32 Å². The summed E-state index contributed by atoms with van der Waals surface area (Å²) in [5.41, 5.74) is 0.965. The highest BCUT2D eigenvalue weighted by Gasteiger charge is 2.19. The van der Waals surface area contributed by atoms with Crippen molar-refractivity contribution in [3.8, 4) is 5.75 Å². The summed E-state index contributed by atoms with van der Waals surface area (Å²) in [6, 6.07) is 7.82. The van der Waals surface area contributed by atoms with E-state index in [0.29, 0.717) is 6.61 Å². The fraction of sp³-hybridized carbons (Fsp3) is 0.471. The van der Waals surface area contributed by atoms with E-state index < -0.39 is 0 Å². The lowest BCUT2D eigenvalue weighted by Gasteiger charge is -2.25. The van der Waals surface area contributed by atoms with E-state index in [-0.39, 0.29) is 18.1 Å². The molecular formula is C17H23NO3. The fourth-order valence-corrected chi connectivity index (χ4v) is 2.48. The van der Waals surface area contributed by atoms with Crippen LogP contribution in [0.1, 0.15) is 38.2 Å². The molecule has 1 aromatic rings. The lowest BCUT2D eigenvalue weighted by atomic mass is 9.93. The van der Waals surface area contributed by atoms with E-state index in [1.165, 1.54) is 0 Å². The normalized spacial score (nSPS) is 22.2. The van der Waals surface area contributed by atoms with Crippen molar-refractivity contribution in [3.05, 3.63) is 35.9 Å². The average molecular weight is 289 g/mol. The zero-order valence-electron chi connectivity index (χ0n) is 12.4. The Bertz CT molecular complexity index is 473. The van der Waals surface area contributed by atoms with Crippen molar-refractivity contribution in [1.29, 1.82) is 0 Å². The minimum atomic E-state index is -0.197. The fourth-order valence-electron chi connectivity index (χ4n) is 2.48. The second kappa shape index (κ2) is 7.84. The van der Waals surface area contributed by atoms with Crippen molar-refractivity contribution < 1.29 is 14.6 Å². The Kier molecular flexibility index (Phi) is 5.81. The van der Waals surface area contributed by atoms with Gasteiger partial charge >= 0.3 is 0 Å². The molecule has 21 heavy (non-hydrogen) atoms. The quantitative estimate of drug-likeness (QED) is 0.819. The molecule has 0 heterocycles. The number of aliphatic hydroxyl groups excluding tert-OH is 1. The van der Waals surface area contributed by atoms with Crippen molar-refractivity contribution in [2.45, 2.75) is 44.8 Å². The summed E-state index contributed by atoms with van der Waals surface area (Å²) >= 11 is 0. The largest absolute Gasteiger partial charge is 0.494 e. The highest BCUT2D eigenvalue weighted by atomic mass is 16.5. The molecule has 0 aromatic heterocycles. The van der Waals surface area contributed by atoms with Crippen LogP contribution in [-0.2, 0) is 4.79 Å². The van der Waals surface area contributed by atoms with Gasteiger partial charge in [0.05, 0.1) is 12.7 Å². The van der Waals surface area contributed by atoms with Crippen molar-refractivity contribution in [3.63, 3.8) is 0 Å². The van der Waals surface area contributed by atoms with Gasteiger partial charge in [-0.1, -0.05) is 12.1 Å². The minimum absolute atomic E-state index is 0.0784. The van der Waals surface area contributed by atoms with Crippen molar-refractivity contribution in [2.24, 2.45) is 0 Å². The Labute approximate surface area is 125 Å². The van der Waals surface area contributed by atoms with Crippen molar-refractivity contribution >= 4 is 12.0 Å². The number of ether oxygens (including phenoxy) is 1. The molecule has 0 saturated heterocycles. The molecule has 1 amide bonds. The molecular weight excluding hydrogens is 266 g/mol. The molecule has 1 fully saturated rings. The third-order valence-electron chi connectivity index (χ3n) is 3.66. The van der Waals surface area contributed by atoms with Gasteiger partial charge in [-0.05, 0) is 56.4 Å². The van der Waals surface area contributed by atoms with Gasteiger partial charge in [-0.2, -0.15) is 0 Å². The van der Waals surface area contributed by atoms with Gasteiger partial charge in [0.1, 0.15) is 5.75 Å². The molecule has 2 rings (SSSR count). The van der Waals surface area contributed by atoms with Crippen LogP contribution in [0.2, 0.25) is 0 Å². The summed E-state index contributed by atoms with van der Waals surface area (Å²) in [5.74, 6) is 0.755. The molecule has 2 N–H and O–H groups in total. The second-order valence-electron chi connectivity index (χ2n) is 5.35. The van der Waals surface area contributed by atoms with Crippen molar-refractivity contribution in [2.75, 3.05) is 6.61 Å². The zero-order chi connectivity index (χ0) is 15.1. The number of aliphatic hydroxyl groups is 1. The average Bonchev–Trinajstić information content (AvgIpc) is 2.49. The molecule has 4 nitrogen and oxygen atoms in total. The minimum Gasteiger partial charge on any atom is -0.494 e. The molecule has 4 heteroatoms. The van der Waals surface area contributed by atoms with Crippen LogP contribution in [-0.4, -0.2) is 29.8 Å². The maximum Gasteiger partial charge on any atom is 0.244 e. The summed E-state index contributed by atoms with van der Waals surface area (Å²) in [6.45, 7) is 2.59. The van der Waals surface area contributed by atoms with Crippen LogP contribution in [0.25, 0.3) is 6.08 Å². The molecule has 0 aliphatic heterocycles. The number of benzene rings is 1. The van der Waals surface area contributed by atoms with E-state index in [2.05, 4.69) is 5.32 Å². The third-order valence-corrected chi connectivity index (χ3v) is 3.66. The van der Waals surface area contributed by atoms with Crippen LogP contribution in [0.3, 0.4) is 0 Å². The predicted octanol–water partition coefficient (Wildman–Crippen LogP) is 2.52. The maximum absolute atomic E-state index is 11.9. The first-order chi connectivity index (χ1) is 10.2. The maximum atomic E-state index is 11.9. The summed E-state index contributed by atoms with van der Waals surface area (Å²) in [7, 11) is 0. The van der Waals surface area contributed by atoms with E-state index >= 15 is 0 Å². The van der Waals surface area contributed by atoms with Gasteiger partial charge in [-0.25, -0.2) is 0 Å². The molecule has 114 valence electrons. The van der Waals surface area contributed by atoms with E-state index in [4.69, 9.17) is 4.74 Å². The Morgan fingerprint density at radius 3 is 2.57 bits per heavy atom. The van der Waals surface area contributed by atoms with Gasteiger partial charge in [-0.15, -0.1) is 0 Å². The molecule has 1 aromatic carbocycles. The first-order valence-corrected chi connectivity index (χ1v) is 7.57. The predicted molar refractivity (Wildman–Crippen MR) is 83.1 cm³/mol. The standard InChI is InChI=1S/C17H23NO3/c1-2-21-16-10-3-13(4-11-16)5-12-17(20)18-14-6-8-15(19)9-7-14/h3-5,10-12,14-15,19H,2,6-9H2,1H3,(H,18,20)/b12-5+.